The highest BCUT2D eigenvalue weighted by atomic mass is 14.9. The van der Waals surface area contributed by atoms with Crippen molar-refractivity contribution in [1.82, 2.24) is 0 Å². The Morgan fingerprint density at radius 1 is 1.18 bits per heavy atom. The second kappa shape index (κ2) is 4.70. The molecule has 1 heteroatoms. The van der Waals surface area contributed by atoms with Gasteiger partial charge in [0.2, 0.25) is 5.69 Å². The van der Waals surface area contributed by atoms with Crippen LogP contribution in [0.4, 0.5) is 0 Å². The summed E-state index contributed by atoms with van der Waals surface area (Å²) in [5, 5.41) is 0. The van der Waals surface area contributed by atoms with Crippen LogP contribution in [0, 0.1) is 6.92 Å². The monoisotopic (exact) mass is 229 g/mol. The Bertz CT molecular complexity index is 634. The van der Waals surface area contributed by atoms with E-state index in [1.165, 1.54) is 0 Å². The van der Waals surface area contributed by atoms with E-state index in [4.69, 9.17) is 4.11 Å². The van der Waals surface area contributed by atoms with Crippen molar-refractivity contribution in [2.75, 3.05) is 0 Å². The second-order valence-corrected chi connectivity index (χ2v) is 4.65. The molecule has 0 radical (unpaired) electrons. The lowest BCUT2D eigenvalue weighted by Gasteiger charge is -2.07. The zero-order valence-corrected chi connectivity index (χ0v) is 10.8. The maximum absolute atomic E-state index is 8.31. The van der Waals surface area contributed by atoms with Crippen molar-refractivity contribution in [3.8, 4) is 11.3 Å². The molecule has 0 aliphatic heterocycles. The summed E-state index contributed by atoms with van der Waals surface area (Å²) in [6.07, 6.45) is 0.319. The maximum Gasteiger partial charge on any atom is 0.212 e. The number of hydrogen-bond donors (Lipinski definition) is 0. The Morgan fingerprint density at radius 3 is 2.53 bits per heavy atom. The van der Waals surface area contributed by atoms with Crippen molar-refractivity contribution in [3.05, 3.63) is 53.7 Å². The number of aromatic nitrogens is 1. The summed E-state index contributed by atoms with van der Waals surface area (Å²) < 4.78 is 26.5. The molecule has 2 aromatic rings. The highest BCUT2D eigenvalue weighted by molar-refractivity contribution is 5.60. The first-order chi connectivity index (χ1) is 9.36. The minimum atomic E-state index is 0.0659. The van der Waals surface area contributed by atoms with Crippen LogP contribution >= 0.6 is 0 Å². The summed E-state index contributed by atoms with van der Waals surface area (Å²) in [5.41, 5.74) is 3.24. The molecule has 0 aliphatic rings. The summed E-state index contributed by atoms with van der Waals surface area (Å²) in [6.45, 7) is 5.90. The third-order valence-corrected chi connectivity index (χ3v) is 2.92. The number of aryl methyl sites for hydroxylation is 1. The van der Waals surface area contributed by atoms with Crippen molar-refractivity contribution in [2.24, 2.45) is 7.05 Å². The molecule has 0 saturated heterocycles. The lowest BCUT2D eigenvalue weighted by Crippen LogP contribution is -2.31. The number of nitrogens with zero attached hydrogens (tertiary/aromatic N) is 1. The Kier molecular flexibility index (Phi) is 2.34. The van der Waals surface area contributed by atoms with Crippen LogP contribution in [0.25, 0.3) is 11.3 Å². The minimum Gasteiger partial charge on any atom is -0.201 e. The van der Waals surface area contributed by atoms with Gasteiger partial charge in [0.15, 0.2) is 6.17 Å². The molecule has 0 saturated carbocycles. The van der Waals surface area contributed by atoms with Crippen LogP contribution in [-0.4, -0.2) is 0 Å². The normalized spacial score (nSPS) is 13.4. The van der Waals surface area contributed by atoms with Gasteiger partial charge in [-0.3, -0.25) is 0 Å². The molecule has 0 amide bonds. The van der Waals surface area contributed by atoms with Gasteiger partial charge in [-0.2, -0.15) is 0 Å². The van der Waals surface area contributed by atoms with Gasteiger partial charge in [0.25, 0.3) is 0 Å². The quantitative estimate of drug-likeness (QED) is 0.693. The fraction of sp³-hybridized carbons (Fsp3) is 0.312. The highest BCUT2D eigenvalue weighted by Gasteiger charge is 2.13. The first-order valence-electron chi connectivity index (χ1n) is 7.42. The smallest absolute Gasteiger partial charge is 0.201 e. The number of pyridine rings is 1. The molecular formula is C16H20N+. The van der Waals surface area contributed by atoms with Gasteiger partial charge in [-0.05, 0) is 30.5 Å². The number of benzene rings is 1. The van der Waals surface area contributed by atoms with E-state index in [-0.39, 0.29) is 18.0 Å². The van der Waals surface area contributed by atoms with Crippen LogP contribution in [0.15, 0.2) is 42.5 Å². The lowest BCUT2D eigenvalue weighted by atomic mass is 10.0. The SMILES string of the molecule is [2H]c1c([2H])c(-c2ccccc2C)[n+](C)c([2H])c1C(C)C. The highest BCUT2D eigenvalue weighted by Crippen LogP contribution is 2.21. The molecule has 1 nitrogen and oxygen atoms in total. The molecule has 17 heavy (non-hydrogen) atoms. The predicted molar refractivity (Wildman–Crippen MR) is 71.9 cm³/mol. The van der Waals surface area contributed by atoms with Gasteiger partial charge in [0.05, 0.1) is 2.74 Å². The van der Waals surface area contributed by atoms with Gasteiger partial charge in [0.1, 0.15) is 8.42 Å². The molecule has 0 bridgehead atoms. The molecule has 1 heterocycles. The van der Waals surface area contributed by atoms with E-state index in [9.17, 15) is 0 Å². The Balaban J connectivity index is 2.84. The van der Waals surface area contributed by atoms with Gasteiger partial charge in [-0.1, -0.05) is 32.0 Å². The van der Waals surface area contributed by atoms with E-state index in [0.717, 1.165) is 11.1 Å². The van der Waals surface area contributed by atoms with Gasteiger partial charge in [0, 0.05) is 17.2 Å². The summed E-state index contributed by atoms with van der Waals surface area (Å²) in [5.74, 6) is 0.0659. The van der Waals surface area contributed by atoms with E-state index >= 15 is 0 Å². The van der Waals surface area contributed by atoms with Crippen LogP contribution < -0.4 is 4.57 Å². The molecule has 0 aliphatic carbocycles. The summed E-state index contributed by atoms with van der Waals surface area (Å²) in [7, 11) is 1.80. The fourth-order valence-electron chi connectivity index (χ4n) is 1.83. The molecule has 1 aromatic carbocycles. The Hall–Kier alpha value is -1.63. The van der Waals surface area contributed by atoms with Crippen molar-refractivity contribution in [3.63, 3.8) is 0 Å². The average Bonchev–Trinajstić information content (AvgIpc) is 2.39. The van der Waals surface area contributed by atoms with E-state index < -0.39 is 0 Å². The Morgan fingerprint density at radius 2 is 1.88 bits per heavy atom. The van der Waals surface area contributed by atoms with Crippen molar-refractivity contribution >= 4 is 0 Å². The molecule has 0 atom stereocenters. The first-order valence-corrected chi connectivity index (χ1v) is 5.92. The molecule has 0 fully saturated rings. The molecule has 0 unspecified atom stereocenters. The van der Waals surface area contributed by atoms with Crippen LogP contribution in [-0.2, 0) is 7.05 Å². The van der Waals surface area contributed by atoms with Gasteiger partial charge in [-0.15, -0.1) is 0 Å². The standard InChI is InChI=1S/C16H20N/c1-12(2)14-9-10-16(17(4)11-14)15-8-6-5-7-13(15)3/h5-12H,1-4H3/q+1/i9D,10D,11D. The van der Waals surface area contributed by atoms with E-state index in [1.54, 1.807) is 11.6 Å². The fourth-order valence-corrected chi connectivity index (χ4v) is 1.83. The van der Waals surface area contributed by atoms with Gasteiger partial charge >= 0.3 is 0 Å². The van der Waals surface area contributed by atoms with Gasteiger partial charge < -0.3 is 0 Å². The van der Waals surface area contributed by atoms with E-state index in [0.29, 0.717) is 17.4 Å². The topological polar surface area (TPSA) is 3.88 Å². The molecule has 1 aromatic heterocycles. The van der Waals surface area contributed by atoms with Crippen LogP contribution in [0.3, 0.4) is 0 Å². The number of rotatable bonds is 2. The molecular weight excluding hydrogens is 206 g/mol. The molecule has 0 spiro atoms. The van der Waals surface area contributed by atoms with E-state index in [2.05, 4.69) is 0 Å². The van der Waals surface area contributed by atoms with Crippen LogP contribution in [0.5, 0.6) is 0 Å². The first kappa shape index (κ1) is 8.46. The summed E-state index contributed by atoms with van der Waals surface area (Å²) >= 11 is 0. The molecule has 2 rings (SSSR count). The third-order valence-electron chi connectivity index (χ3n) is 2.92. The Labute approximate surface area is 108 Å². The van der Waals surface area contributed by atoms with Crippen LogP contribution in [0.1, 0.15) is 35.0 Å². The lowest BCUT2D eigenvalue weighted by molar-refractivity contribution is -0.660. The maximum atomic E-state index is 8.31. The average molecular weight is 229 g/mol. The van der Waals surface area contributed by atoms with Crippen LogP contribution in [0.2, 0.25) is 0 Å². The van der Waals surface area contributed by atoms with Gasteiger partial charge in [-0.25, -0.2) is 4.57 Å². The van der Waals surface area contributed by atoms with Crippen molar-refractivity contribution < 1.29 is 8.68 Å². The summed E-state index contributed by atoms with van der Waals surface area (Å²) in [4.78, 5) is 0. The summed E-state index contributed by atoms with van der Waals surface area (Å²) in [6, 6.07) is 8.16. The number of hydrogen-bond acceptors (Lipinski definition) is 0. The zero-order chi connectivity index (χ0) is 15.0. The third kappa shape index (κ3) is 2.38. The van der Waals surface area contributed by atoms with Crippen molar-refractivity contribution in [1.29, 1.82) is 0 Å². The predicted octanol–water partition coefficient (Wildman–Crippen LogP) is 3.61. The molecule has 88 valence electrons. The second-order valence-electron chi connectivity index (χ2n) is 4.65. The van der Waals surface area contributed by atoms with E-state index in [1.807, 2.05) is 45.0 Å². The molecule has 0 N–H and O–H groups in total. The van der Waals surface area contributed by atoms with Crippen molar-refractivity contribution in [2.45, 2.75) is 26.7 Å². The zero-order valence-electron chi connectivity index (χ0n) is 13.8. The minimum absolute atomic E-state index is 0.0659. The largest absolute Gasteiger partial charge is 0.212 e.